The molecule has 0 amide bonds. The van der Waals surface area contributed by atoms with Crippen molar-refractivity contribution in [3.05, 3.63) is 84.6 Å². The van der Waals surface area contributed by atoms with Crippen LogP contribution in [0.25, 0.3) is 0 Å². The van der Waals surface area contributed by atoms with Gasteiger partial charge in [-0.05, 0) is 29.8 Å². The summed E-state index contributed by atoms with van der Waals surface area (Å²) in [6, 6.07) is 22.3. The highest BCUT2D eigenvalue weighted by Gasteiger charge is 2.12. The Bertz CT molecular complexity index is 899. The normalized spacial score (nSPS) is 11.2. The predicted molar refractivity (Wildman–Crippen MR) is 97.5 cm³/mol. The highest BCUT2D eigenvalue weighted by atomic mass is 32.2. The van der Waals surface area contributed by atoms with Crippen LogP contribution in [0.3, 0.4) is 0 Å². The first-order chi connectivity index (χ1) is 11.6. The van der Waals surface area contributed by atoms with Crippen molar-refractivity contribution >= 4 is 27.5 Å². The number of aromatic nitrogens is 1. The third-order valence-corrected chi connectivity index (χ3v) is 5.37. The number of nitrogens with zero attached hydrogens (tertiary/aromatic N) is 1. The molecule has 3 aromatic rings. The van der Waals surface area contributed by atoms with Gasteiger partial charge in [-0.25, -0.2) is 13.4 Å². The van der Waals surface area contributed by atoms with Gasteiger partial charge in [0, 0.05) is 11.1 Å². The van der Waals surface area contributed by atoms with Gasteiger partial charge < -0.3 is 0 Å². The summed E-state index contributed by atoms with van der Waals surface area (Å²) in [5.74, 6) is -0.0582. The Morgan fingerprint density at radius 2 is 1.58 bits per heavy atom. The molecule has 0 aliphatic rings. The number of pyridine rings is 1. The highest BCUT2D eigenvalue weighted by Crippen LogP contribution is 2.27. The van der Waals surface area contributed by atoms with Gasteiger partial charge in [0.25, 0.3) is 0 Å². The van der Waals surface area contributed by atoms with E-state index < -0.39 is 10.0 Å². The molecule has 3 rings (SSSR count). The van der Waals surface area contributed by atoms with Crippen LogP contribution in [0.15, 0.2) is 88.9 Å². The maximum atomic E-state index is 12.3. The standard InChI is InChI=1S/C18H16N2O2S2/c21-24(22,14-15-7-3-1-4-8-15)20-16-11-12-19-18(13-16)23-17-9-5-2-6-10-17/h1-13H,14H2,(H,19,20). The van der Waals surface area contributed by atoms with E-state index in [-0.39, 0.29) is 5.75 Å². The minimum absolute atomic E-state index is 0.0582. The predicted octanol–water partition coefficient (Wildman–Crippen LogP) is 4.17. The van der Waals surface area contributed by atoms with Crippen molar-refractivity contribution in [2.45, 2.75) is 15.7 Å². The largest absolute Gasteiger partial charge is 0.283 e. The lowest BCUT2D eigenvalue weighted by Crippen LogP contribution is -2.15. The molecule has 0 aliphatic heterocycles. The molecule has 1 aromatic heterocycles. The Labute approximate surface area is 146 Å². The van der Waals surface area contributed by atoms with E-state index in [0.717, 1.165) is 15.5 Å². The van der Waals surface area contributed by atoms with E-state index in [0.29, 0.717) is 5.69 Å². The average Bonchev–Trinajstić information content (AvgIpc) is 2.56. The second-order valence-electron chi connectivity index (χ2n) is 5.14. The maximum Gasteiger partial charge on any atom is 0.236 e. The van der Waals surface area contributed by atoms with Crippen LogP contribution < -0.4 is 4.72 Å². The quantitative estimate of drug-likeness (QED) is 0.720. The monoisotopic (exact) mass is 356 g/mol. The minimum Gasteiger partial charge on any atom is -0.283 e. The second-order valence-corrected chi connectivity index (χ2v) is 7.96. The number of nitrogens with one attached hydrogen (secondary N) is 1. The van der Waals surface area contributed by atoms with Gasteiger partial charge in [-0.15, -0.1) is 0 Å². The van der Waals surface area contributed by atoms with Crippen molar-refractivity contribution in [3.8, 4) is 0 Å². The molecule has 0 fully saturated rings. The van der Waals surface area contributed by atoms with Crippen LogP contribution in [0, 0.1) is 0 Å². The summed E-state index contributed by atoms with van der Waals surface area (Å²) in [7, 11) is -3.46. The van der Waals surface area contributed by atoms with Crippen LogP contribution in [0.2, 0.25) is 0 Å². The Balaban J connectivity index is 1.72. The number of rotatable bonds is 6. The third kappa shape index (κ3) is 4.84. The van der Waals surface area contributed by atoms with Crippen LogP contribution in [-0.4, -0.2) is 13.4 Å². The molecule has 0 atom stereocenters. The molecule has 0 bridgehead atoms. The van der Waals surface area contributed by atoms with Gasteiger partial charge in [-0.2, -0.15) is 0 Å². The van der Waals surface area contributed by atoms with Gasteiger partial charge in [0.05, 0.1) is 11.4 Å². The molecular weight excluding hydrogens is 340 g/mol. The fraction of sp³-hybridized carbons (Fsp3) is 0.0556. The van der Waals surface area contributed by atoms with Crippen molar-refractivity contribution in [2.75, 3.05) is 4.72 Å². The number of sulfonamides is 1. The van der Waals surface area contributed by atoms with E-state index in [1.54, 1.807) is 30.5 Å². The zero-order valence-corrected chi connectivity index (χ0v) is 14.4. The first-order valence-electron chi connectivity index (χ1n) is 7.34. The van der Waals surface area contributed by atoms with Crippen LogP contribution >= 0.6 is 11.8 Å². The van der Waals surface area contributed by atoms with Gasteiger partial charge in [0.15, 0.2) is 0 Å². The fourth-order valence-electron chi connectivity index (χ4n) is 2.15. The summed E-state index contributed by atoms with van der Waals surface area (Å²) >= 11 is 1.49. The minimum atomic E-state index is -3.46. The van der Waals surface area contributed by atoms with Crippen LogP contribution in [0.5, 0.6) is 0 Å². The summed E-state index contributed by atoms with van der Waals surface area (Å²) in [6.07, 6.45) is 1.60. The molecule has 4 nitrogen and oxygen atoms in total. The van der Waals surface area contributed by atoms with Crippen molar-refractivity contribution < 1.29 is 8.42 Å². The highest BCUT2D eigenvalue weighted by molar-refractivity contribution is 7.99. The number of hydrogen-bond donors (Lipinski definition) is 1. The Morgan fingerprint density at radius 3 is 2.29 bits per heavy atom. The average molecular weight is 356 g/mol. The van der Waals surface area contributed by atoms with Crippen LogP contribution in [0.4, 0.5) is 5.69 Å². The first kappa shape index (κ1) is 16.5. The Kier molecular flexibility index (Phi) is 5.17. The molecule has 1 heterocycles. The summed E-state index contributed by atoms with van der Waals surface area (Å²) in [6.45, 7) is 0. The summed E-state index contributed by atoms with van der Waals surface area (Å²) in [5.41, 5.74) is 1.26. The van der Waals surface area contributed by atoms with Crippen molar-refractivity contribution in [2.24, 2.45) is 0 Å². The topological polar surface area (TPSA) is 59.1 Å². The SMILES string of the molecule is O=S(=O)(Cc1ccccc1)Nc1ccnc(Sc2ccccc2)c1. The number of anilines is 1. The summed E-state index contributed by atoms with van der Waals surface area (Å²) in [5, 5.41) is 0.737. The molecule has 0 unspecified atom stereocenters. The number of hydrogen-bond acceptors (Lipinski definition) is 4. The lowest BCUT2D eigenvalue weighted by Gasteiger charge is -2.09. The van der Waals surface area contributed by atoms with E-state index in [1.807, 2.05) is 48.5 Å². The first-order valence-corrected chi connectivity index (χ1v) is 9.81. The summed E-state index contributed by atoms with van der Waals surface area (Å²) < 4.78 is 27.2. The molecule has 0 radical (unpaired) electrons. The maximum absolute atomic E-state index is 12.3. The molecule has 122 valence electrons. The van der Waals surface area contributed by atoms with E-state index in [9.17, 15) is 8.42 Å². The van der Waals surface area contributed by atoms with Gasteiger partial charge in [-0.3, -0.25) is 4.72 Å². The van der Waals surface area contributed by atoms with Crippen LogP contribution in [-0.2, 0) is 15.8 Å². The van der Waals surface area contributed by atoms with E-state index in [1.165, 1.54) is 11.8 Å². The Morgan fingerprint density at radius 1 is 0.917 bits per heavy atom. The molecule has 0 saturated carbocycles. The van der Waals surface area contributed by atoms with E-state index in [2.05, 4.69) is 9.71 Å². The van der Waals surface area contributed by atoms with Crippen LogP contribution in [0.1, 0.15) is 5.56 Å². The summed E-state index contributed by atoms with van der Waals surface area (Å²) in [4.78, 5) is 5.33. The van der Waals surface area contributed by atoms with Gasteiger partial charge in [-0.1, -0.05) is 60.3 Å². The van der Waals surface area contributed by atoms with Crippen molar-refractivity contribution in [1.29, 1.82) is 0 Å². The smallest absolute Gasteiger partial charge is 0.236 e. The lowest BCUT2D eigenvalue weighted by atomic mass is 10.2. The van der Waals surface area contributed by atoms with E-state index >= 15 is 0 Å². The lowest BCUT2D eigenvalue weighted by molar-refractivity contribution is 0.600. The van der Waals surface area contributed by atoms with Gasteiger partial charge >= 0.3 is 0 Å². The Hall–Kier alpha value is -2.31. The zero-order valence-electron chi connectivity index (χ0n) is 12.8. The molecule has 0 spiro atoms. The van der Waals surface area contributed by atoms with Gasteiger partial charge in [0.1, 0.15) is 5.03 Å². The number of benzene rings is 2. The van der Waals surface area contributed by atoms with Crippen molar-refractivity contribution in [1.82, 2.24) is 4.98 Å². The van der Waals surface area contributed by atoms with Gasteiger partial charge in [0.2, 0.25) is 10.0 Å². The molecule has 6 heteroatoms. The molecule has 2 aromatic carbocycles. The van der Waals surface area contributed by atoms with Crippen molar-refractivity contribution in [3.63, 3.8) is 0 Å². The fourth-order valence-corrected chi connectivity index (χ4v) is 4.17. The zero-order chi connectivity index (χ0) is 16.8. The molecule has 0 aliphatic carbocycles. The van der Waals surface area contributed by atoms with E-state index in [4.69, 9.17) is 0 Å². The molecule has 0 saturated heterocycles. The molecular formula is C18H16N2O2S2. The molecule has 24 heavy (non-hydrogen) atoms. The third-order valence-electron chi connectivity index (χ3n) is 3.17. The molecule has 1 N–H and O–H groups in total. The second kappa shape index (κ2) is 7.51.